The molecular formula is C20H39N5O6S. The number of thioether (sulfide) groups is 1. The third kappa shape index (κ3) is 11.1. The summed E-state index contributed by atoms with van der Waals surface area (Å²) < 4.78 is 0. The molecule has 0 aliphatic carbocycles. The van der Waals surface area contributed by atoms with Crippen molar-refractivity contribution in [1.82, 2.24) is 16.0 Å². The molecule has 0 saturated carbocycles. The largest absolute Gasteiger partial charge is 0.480 e. The Balaban J connectivity index is 5.17. The molecule has 3 amide bonds. The minimum atomic E-state index is -1.36. The lowest BCUT2D eigenvalue weighted by molar-refractivity contribution is -0.142. The van der Waals surface area contributed by atoms with E-state index in [4.69, 9.17) is 11.5 Å². The fourth-order valence-corrected chi connectivity index (χ4v) is 3.29. The number of rotatable bonds is 17. The van der Waals surface area contributed by atoms with E-state index in [1.807, 2.05) is 13.2 Å². The molecule has 12 heteroatoms. The van der Waals surface area contributed by atoms with E-state index in [0.717, 1.165) is 6.42 Å². The van der Waals surface area contributed by atoms with Crippen LogP contribution in [-0.2, 0) is 19.2 Å². The summed E-state index contributed by atoms with van der Waals surface area (Å²) in [7, 11) is 0. The number of aliphatic carboxylic acids is 1. The van der Waals surface area contributed by atoms with Gasteiger partial charge in [-0.3, -0.25) is 14.4 Å². The summed E-state index contributed by atoms with van der Waals surface area (Å²) in [5.74, 6) is -2.93. The number of carboxylic acid groups (broad SMARTS) is 1. The van der Waals surface area contributed by atoms with Gasteiger partial charge in [0.15, 0.2) is 0 Å². The van der Waals surface area contributed by atoms with Gasteiger partial charge in [0.2, 0.25) is 17.7 Å². The van der Waals surface area contributed by atoms with Gasteiger partial charge in [0, 0.05) is 0 Å². The van der Waals surface area contributed by atoms with Crippen molar-refractivity contribution in [3.05, 3.63) is 0 Å². The second-order valence-electron chi connectivity index (χ2n) is 7.69. The first-order chi connectivity index (χ1) is 15.1. The number of nitrogens with two attached hydrogens (primary N) is 2. The maximum atomic E-state index is 12.8. The van der Waals surface area contributed by atoms with E-state index in [2.05, 4.69) is 16.0 Å². The van der Waals surface area contributed by atoms with Crippen LogP contribution in [-0.4, -0.2) is 83.2 Å². The molecule has 0 spiro atoms. The topological polar surface area (TPSA) is 197 Å². The highest BCUT2D eigenvalue weighted by Gasteiger charge is 2.32. The molecule has 0 aromatic carbocycles. The van der Waals surface area contributed by atoms with Gasteiger partial charge in [0.05, 0.1) is 12.6 Å². The highest BCUT2D eigenvalue weighted by Crippen LogP contribution is 2.10. The Morgan fingerprint density at radius 3 is 2.09 bits per heavy atom. The summed E-state index contributed by atoms with van der Waals surface area (Å²) in [4.78, 5) is 49.1. The number of unbranched alkanes of at least 4 members (excludes halogenated alkanes) is 1. The van der Waals surface area contributed by atoms with E-state index < -0.39 is 54.5 Å². The maximum Gasteiger partial charge on any atom is 0.326 e. The molecule has 0 radical (unpaired) electrons. The van der Waals surface area contributed by atoms with Gasteiger partial charge in [0.25, 0.3) is 0 Å². The van der Waals surface area contributed by atoms with Crippen LogP contribution in [0.15, 0.2) is 0 Å². The summed E-state index contributed by atoms with van der Waals surface area (Å²) in [6.45, 7) is 3.38. The highest BCUT2D eigenvalue weighted by atomic mass is 32.2. The molecule has 0 aromatic heterocycles. The maximum absolute atomic E-state index is 12.8. The standard InChI is InChI=1S/C20H39N5O6S/c1-4-12(2)16(25-17(27)13(22)7-5-6-9-21)19(29)24-15(11-26)18(28)23-14(20(30)31)8-10-32-3/h12-16,26H,4-11,21-22H2,1-3H3,(H,23,28)(H,24,29)(H,25,27)(H,30,31). The predicted molar refractivity (Wildman–Crippen MR) is 124 cm³/mol. The minimum absolute atomic E-state index is 0.196. The molecule has 5 atom stereocenters. The van der Waals surface area contributed by atoms with Gasteiger partial charge in [0.1, 0.15) is 18.1 Å². The Morgan fingerprint density at radius 1 is 0.969 bits per heavy atom. The lowest BCUT2D eigenvalue weighted by Gasteiger charge is -2.27. The average Bonchev–Trinajstić information content (AvgIpc) is 2.77. The Hall–Kier alpha value is -1.89. The Kier molecular flexibility index (Phi) is 15.7. The van der Waals surface area contributed by atoms with Crippen LogP contribution in [0.3, 0.4) is 0 Å². The van der Waals surface area contributed by atoms with Gasteiger partial charge in [-0.1, -0.05) is 26.7 Å². The van der Waals surface area contributed by atoms with Crippen molar-refractivity contribution in [3.8, 4) is 0 Å². The van der Waals surface area contributed by atoms with E-state index in [1.165, 1.54) is 11.8 Å². The van der Waals surface area contributed by atoms with Gasteiger partial charge in [-0.05, 0) is 43.7 Å². The van der Waals surface area contributed by atoms with Crippen LogP contribution in [0, 0.1) is 5.92 Å². The molecule has 0 rings (SSSR count). The Labute approximate surface area is 193 Å². The third-order valence-corrected chi connectivity index (χ3v) is 5.78. The van der Waals surface area contributed by atoms with Crippen LogP contribution in [0.1, 0.15) is 46.0 Å². The molecule has 0 fully saturated rings. The van der Waals surface area contributed by atoms with Gasteiger partial charge in [-0.25, -0.2) is 4.79 Å². The molecule has 9 N–H and O–H groups in total. The first-order valence-electron chi connectivity index (χ1n) is 10.8. The summed E-state index contributed by atoms with van der Waals surface area (Å²) >= 11 is 1.43. The number of carbonyl (C=O) groups is 4. The van der Waals surface area contributed by atoms with Crippen molar-refractivity contribution in [2.24, 2.45) is 17.4 Å². The van der Waals surface area contributed by atoms with E-state index in [0.29, 0.717) is 31.6 Å². The Morgan fingerprint density at radius 2 is 1.59 bits per heavy atom. The summed E-state index contributed by atoms with van der Waals surface area (Å²) in [5, 5.41) is 26.2. The Bertz CT molecular complexity index is 609. The van der Waals surface area contributed by atoms with E-state index in [1.54, 1.807) is 6.92 Å². The number of aliphatic hydroxyl groups is 1. The molecule has 0 heterocycles. The van der Waals surface area contributed by atoms with Crippen LogP contribution >= 0.6 is 11.8 Å². The number of hydrogen-bond acceptors (Lipinski definition) is 8. The lowest BCUT2D eigenvalue weighted by atomic mass is 9.97. The zero-order valence-electron chi connectivity index (χ0n) is 19.1. The monoisotopic (exact) mass is 477 g/mol. The van der Waals surface area contributed by atoms with Crippen LogP contribution in [0.2, 0.25) is 0 Å². The minimum Gasteiger partial charge on any atom is -0.480 e. The summed E-state index contributed by atoms with van der Waals surface area (Å²) in [6, 6.07) is -4.27. The zero-order chi connectivity index (χ0) is 24.7. The molecule has 0 bridgehead atoms. The number of hydrogen-bond donors (Lipinski definition) is 7. The quantitative estimate of drug-likeness (QED) is 0.125. The highest BCUT2D eigenvalue weighted by molar-refractivity contribution is 7.98. The van der Waals surface area contributed by atoms with Crippen molar-refractivity contribution in [2.45, 2.75) is 70.1 Å². The number of carbonyl (C=O) groups excluding carboxylic acids is 3. The van der Waals surface area contributed by atoms with Crippen molar-refractivity contribution >= 4 is 35.5 Å². The van der Waals surface area contributed by atoms with E-state index in [-0.39, 0.29) is 12.3 Å². The normalized spacial score (nSPS) is 15.7. The summed E-state index contributed by atoms with van der Waals surface area (Å²) in [5.41, 5.74) is 11.3. The van der Waals surface area contributed by atoms with Crippen molar-refractivity contribution < 1.29 is 29.4 Å². The van der Waals surface area contributed by atoms with Gasteiger partial charge in [-0.15, -0.1) is 0 Å². The molecule has 0 saturated heterocycles. The van der Waals surface area contributed by atoms with Crippen molar-refractivity contribution in [1.29, 1.82) is 0 Å². The smallest absolute Gasteiger partial charge is 0.326 e. The number of carboxylic acids is 1. The molecule has 5 unspecified atom stereocenters. The number of aliphatic hydroxyl groups excluding tert-OH is 1. The molecule has 32 heavy (non-hydrogen) atoms. The lowest BCUT2D eigenvalue weighted by Crippen LogP contribution is -2.59. The molecular weight excluding hydrogens is 438 g/mol. The second-order valence-corrected chi connectivity index (χ2v) is 8.67. The fraction of sp³-hybridized carbons (Fsp3) is 0.800. The first-order valence-corrected chi connectivity index (χ1v) is 12.2. The van der Waals surface area contributed by atoms with Gasteiger partial charge in [-0.2, -0.15) is 11.8 Å². The zero-order valence-corrected chi connectivity index (χ0v) is 20.0. The van der Waals surface area contributed by atoms with Gasteiger partial charge < -0.3 is 37.6 Å². The van der Waals surface area contributed by atoms with Gasteiger partial charge >= 0.3 is 5.97 Å². The van der Waals surface area contributed by atoms with Crippen LogP contribution in [0.25, 0.3) is 0 Å². The van der Waals surface area contributed by atoms with E-state index in [9.17, 15) is 29.4 Å². The number of amides is 3. The first kappa shape index (κ1) is 30.1. The predicted octanol–water partition coefficient (Wildman–Crippen LogP) is -1.23. The van der Waals surface area contributed by atoms with Crippen molar-refractivity contribution in [3.63, 3.8) is 0 Å². The fourth-order valence-electron chi connectivity index (χ4n) is 2.82. The van der Waals surface area contributed by atoms with Crippen LogP contribution in [0.4, 0.5) is 0 Å². The van der Waals surface area contributed by atoms with Crippen molar-refractivity contribution in [2.75, 3.05) is 25.2 Å². The molecule has 186 valence electrons. The number of nitrogens with one attached hydrogen (secondary N) is 3. The molecule has 0 aliphatic heterocycles. The molecule has 0 aromatic rings. The SMILES string of the molecule is CCC(C)C(NC(=O)C(N)CCCCN)C(=O)NC(CO)C(=O)NC(CCSC)C(=O)O. The third-order valence-electron chi connectivity index (χ3n) is 5.14. The molecule has 0 aliphatic rings. The second kappa shape index (κ2) is 16.7. The van der Waals surface area contributed by atoms with Crippen LogP contribution < -0.4 is 27.4 Å². The van der Waals surface area contributed by atoms with Crippen LogP contribution in [0.5, 0.6) is 0 Å². The van der Waals surface area contributed by atoms with E-state index >= 15 is 0 Å². The average molecular weight is 478 g/mol. The molecule has 11 nitrogen and oxygen atoms in total. The summed E-state index contributed by atoms with van der Waals surface area (Å²) in [6.07, 6.45) is 4.41.